The number of anilines is 2. The molecule has 4 N–H and O–H groups in total. The van der Waals surface area contributed by atoms with Crippen molar-refractivity contribution in [1.82, 2.24) is 20.5 Å². The second kappa shape index (κ2) is 12.5. The Balaban J connectivity index is 1.25. The normalized spacial score (nSPS) is 14.7. The van der Waals surface area contributed by atoms with Crippen molar-refractivity contribution in [3.8, 4) is 11.5 Å². The number of ether oxygens (including phenoxy) is 2. The minimum atomic E-state index is -0.613. The van der Waals surface area contributed by atoms with Gasteiger partial charge in [-0.3, -0.25) is 4.98 Å². The molecule has 5 rings (SSSR count). The number of hydrogen-bond acceptors (Lipinski definition) is 8. The number of halogens is 2. The highest BCUT2D eigenvalue weighted by Crippen LogP contribution is 2.39. The van der Waals surface area contributed by atoms with E-state index in [1.807, 2.05) is 19.3 Å². The lowest BCUT2D eigenvalue weighted by Crippen LogP contribution is -2.30. The van der Waals surface area contributed by atoms with E-state index in [1.165, 1.54) is 23.5 Å². The fourth-order valence-electron chi connectivity index (χ4n) is 4.15. The van der Waals surface area contributed by atoms with Crippen LogP contribution in [0.4, 0.5) is 20.6 Å². The van der Waals surface area contributed by atoms with Gasteiger partial charge in [-0.05, 0) is 42.5 Å². The van der Waals surface area contributed by atoms with Crippen LogP contribution in [0, 0.1) is 5.82 Å². The lowest BCUT2D eigenvalue weighted by atomic mass is 10.2. The number of aromatic nitrogens is 1. The van der Waals surface area contributed by atoms with E-state index >= 15 is 0 Å². The van der Waals surface area contributed by atoms with E-state index in [4.69, 9.17) is 21.1 Å². The van der Waals surface area contributed by atoms with Crippen molar-refractivity contribution >= 4 is 50.6 Å². The number of carbonyl (C=O) groups is 1. The van der Waals surface area contributed by atoms with Gasteiger partial charge in [0, 0.05) is 73.9 Å². The van der Waals surface area contributed by atoms with Gasteiger partial charge in [-0.1, -0.05) is 11.6 Å². The van der Waals surface area contributed by atoms with Crippen LogP contribution >= 0.6 is 22.9 Å². The van der Waals surface area contributed by atoms with Gasteiger partial charge in [0.15, 0.2) is 11.6 Å². The molecule has 2 aromatic carbocycles. The fraction of sp³-hybridized carbons (Fsp3) is 0.214. The van der Waals surface area contributed by atoms with Gasteiger partial charge >= 0.3 is 6.03 Å². The summed E-state index contributed by atoms with van der Waals surface area (Å²) < 4.78 is 26.9. The molecule has 1 aliphatic rings. The highest BCUT2D eigenvalue weighted by Gasteiger charge is 2.26. The fourth-order valence-corrected chi connectivity index (χ4v) is 5.45. The molecule has 0 aliphatic carbocycles. The monoisotopic (exact) mass is 582 g/mol. The van der Waals surface area contributed by atoms with Crippen LogP contribution in [0.15, 0.2) is 72.7 Å². The van der Waals surface area contributed by atoms with Crippen molar-refractivity contribution in [2.75, 3.05) is 44.5 Å². The first-order valence-corrected chi connectivity index (χ1v) is 13.7. The first-order chi connectivity index (χ1) is 19.4. The molecule has 2 amide bonds. The lowest BCUT2D eigenvalue weighted by Gasteiger charge is -2.24. The van der Waals surface area contributed by atoms with E-state index < -0.39 is 11.8 Å². The Kier molecular flexibility index (Phi) is 8.66. The second-order valence-corrected chi connectivity index (χ2v) is 10.5. The zero-order valence-electron chi connectivity index (χ0n) is 21.8. The van der Waals surface area contributed by atoms with Crippen molar-refractivity contribution in [2.45, 2.75) is 6.17 Å². The van der Waals surface area contributed by atoms with Gasteiger partial charge in [-0.25, -0.2) is 9.18 Å². The van der Waals surface area contributed by atoms with Crippen LogP contribution in [0.5, 0.6) is 11.5 Å². The molecule has 0 radical (unpaired) electrons. The van der Waals surface area contributed by atoms with Gasteiger partial charge in [0.05, 0.1) is 21.7 Å². The molecule has 9 nitrogen and oxygen atoms in total. The molecular formula is C28H28ClFN6O3S. The molecule has 40 heavy (non-hydrogen) atoms. The van der Waals surface area contributed by atoms with Gasteiger partial charge in [-0.2, -0.15) is 0 Å². The first kappa shape index (κ1) is 27.7. The summed E-state index contributed by atoms with van der Waals surface area (Å²) >= 11 is 7.40. The number of nitrogens with one attached hydrogen (secondary N) is 4. The lowest BCUT2D eigenvalue weighted by molar-refractivity contribution is 0.199. The standard InChI is InChI=1S/C28H28ClFN6O3S/c1-36-20(15-31-11-12-38-2)16-33-27(36)25-14-22-26(40-25)24(9-10-32-22)39-23-8-7-19(13-21(23)30)35-28(37)34-18-5-3-17(29)4-6-18/h3-10,13-14,16,27,31,33H,11-12,15H2,1-2H3,(H2,34,35,37). The van der Waals surface area contributed by atoms with Crippen molar-refractivity contribution in [3.05, 3.63) is 88.4 Å². The van der Waals surface area contributed by atoms with Crippen LogP contribution in [-0.2, 0) is 4.74 Å². The molecular weight excluding hydrogens is 555 g/mol. The quantitative estimate of drug-likeness (QED) is 0.167. The Bertz CT molecular complexity index is 1530. The predicted octanol–water partition coefficient (Wildman–Crippen LogP) is 6.14. The van der Waals surface area contributed by atoms with Crippen molar-refractivity contribution < 1.29 is 18.7 Å². The van der Waals surface area contributed by atoms with Gasteiger partial charge in [0.1, 0.15) is 11.9 Å². The first-order valence-electron chi connectivity index (χ1n) is 12.5. The molecule has 0 bridgehead atoms. The number of carbonyl (C=O) groups excluding carboxylic acids is 1. The Hall–Kier alpha value is -3.90. The van der Waals surface area contributed by atoms with Crippen LogP contribution in [0.3, 0.4) is 0 Å². The summed E-state index contributed by atoms with van der Waals surface area (Å²) in [5.41, 5.74) is 2.73. The van der Waals surface area contributed by atoms with Crippen molar-refractivity contribution in [3.63, 3.8) is 0 Å². The van der Waals surface area contributed by atoms with Crippen LogP contribution in [0.25, 0.3) is 10.2 Å². The second-order valence-electron chi connectivity index (χ2n) is 8.99. The summed E-state index contributed by atoms with van der Waals surface area (Å²) in [4.78, 5) is 20.0. The van der Waals surface area contributed by atoms with E-state index in [9.17, 15) is 9.18 Å². The maximum Gasteiger partial charge on any atom is 0.323 e. The summed E-state index contributed by atoms with van der Waals surface area (Å²) in [5, 5.41) is 12.6. The van der Waals surface area contributed by atoms with Gasteiger partial charge in [0.2, 0.25) is 0 Å². The number of methoxy groups -OCH3 is 1. The Morgan fingerprint density at radius 2 is 1.90 bits per heavy atom. The number of benzene rings is 2. The molecule has 4 aromatic rings. The Labute approximate surface area is 239 Å². The van der Waals surface area contributed by atoms with E-state index in [2.05, 4.69) is 31.2 Å². The molecule has 0 fully saturated rings. The molecule has 1 aliphatic heterocycles. The molecule has 2 aromatic heterocycles. The van der Waals surface area contributed by atoms with Crippen LogP contribution in [0.2, 0.25) is 5.02 Å². The number of amides is 2. The highest BCUT2D eigenvalue weighted by atomic mass is 35.5. The van der Waals surface area contributed by atoms with Gasteiger partial charge < -0.3 is 35.6 Å². The summed E-state index contributed by atoms with van der Waals surface area (Å²) in [6.07, 6.45) is 3.59. The third kappa shape index (κ3) is 6.45. The minimum Gasteiger partial charge on any atom is -0.453 e. The number of thiophene rings is 1. The molecule has 0 saturated heterocycles. The predicted molar refractivity (Wildman–Crippen MR) is 157 cm³/mol. The maximum absolute atomic E-state index is 15.0. The number of fused-ring (bicyclic) bond motifs is 1. The van der Waals surface area contributed by atoms with E-state index in [0.29, 0.717) is 29.6 Å². The number of pyridine rings is 1. The summed E-state index contributed by atoms with van der Waals surface area (Å²) in [7, 11) is 3.71. The summed E-state index contributed by atoms with van der Waals surface area (Å²) in [6, 6.07) is 14.1. The molecule has 208 valence electrons. The van der Waals surface area contributed by atoms with E-state index in [0.717, 1.165) is 27.3 Å². The molecule has 1 atom stereocenters. The van der Waals surface area contributed by atoms with Gasteiger partial charge in [0.25, 0.3) is 0 Å². The number of urea groups is 1. The molecule has 12 heteroatoms. The van der Waals surface area contributed by atoms with E-state index in [-0.39, 0.29) is 17.6 Å². The number of hydrogen-bond donors (Lipinski definition) is 4. The largest absolute Gasteiger partial charge is 0.453 e. The summed E-state index contributed by atoms with van der Waals surface area (Å²) in [6.45, 7) is 2.13. The SMILES string of the molecule is COCCNCC1=CNC(c2cc3nccc(Oc4ccc(NC(=O)Nc5ccc(Cl)cc5)cc4F)c3s2)N1C. The van der Waals surface area contributed by atoms with Crippen LogP contribution in [0.1, 0.15) is 11.0 Å². The average Bonchev–Trinajstić information content (AvgIpc) is 3.53. The summed E-state index contributed by atoms with van der Waals surface area (Å²) in [5.74, 6) is -0.0808. The Morgan fingerprint density at radius 3 is 2.67 bits per heavy atom. The highest BCUT2D eigenvalue weighted by molar-refractivity contribution is 7.19. The van der Waals surface area contributed by atoms with Crippen molar-refractivity contribution in [2.24, 2.45) is 0 Å². The smallest absolute Gasteiger partial charge is 0.323 e. The molecule has 0 spiro atoms. The Morgan fingerprint density at radius 1 is 1.12 bits per heavy atom. The van der Waals surface area contributed by atoms with Crippen LogP contribution < -0.4 is 26.0 Å². The zero-order valence-corrected chi connectivity index (χ0v) is 23.4. The average molecular weight is 583 g/mol. The molecule has 1 unspecified atom stereocenters. The third-order valence-electron chi connectivity index (χ3n) is 6.21. The van der Waals surface area contributed by atoms with Crippen molar-refractivity contribution in [1.29, 1.82) is 0 Å². The molecule has 0 saturated carbocycles. The number of likely N-dealkylation sites (N-methyl/N-ethyl adjacent to an activating group) is 1. The minimum absolute atomic E-state index is 0.0355. The third-order valence-corrected chi connectivity index (χ3v) is 7.66. The van der Waals surface area contributed by atoms with Gasteiger partial charge in [-0.15, -0.1) is 11.3 Å². The topological polar surface area (TPSA) is 99.8 Å². The maximum atomic E-state index is 15.0. The van der Waals surface area contributed by atoms with E-state index in [1.54, 1.807) is 49.7 Å². The molecule has 3 heterocycles. The van der Waals surface area contributed by atoms with Crippen LogP contribution in [-0.4, -0.2) is 49.8 Å². The zero-order chi connectivity index (χ0) is 28.1. The number of nitrogens with zero attached hydrogens (tertiary/aromatic N) is 2. The number of rotatable bonds is 10.